The third-order valence-electron chi connectivity index (χ3n) is 2.15. The molecule has 0 fully saturated rings. The van der Waals surface area contributed by atoms with E-state index >= 15 is 0 Å². The highest BCUT2D eigenvalue weighted by Crippen LogP contribution is 2.30. The number of nitrogens with one attached hydrogen (secondary N) is 1. The molecule has 0 saturated carbocycles. The largest absolute Gasteiger partial charge is 0.489 e. The van der Waals surface area contributed by atoms with E-state index in [9.17, 15) is 9.18 Å². The molecule has 0 saturated heterocycles. The van der Waals surface area contributed by atoms with Gasteiger partial charge >= 0.3 is 5.97 Å². The fourth-order valence-electron chi connectivity index (χ4n) is 1.43. The summed E-state index contributed by atoms with van der Waals surface area (Å²) in [7, 11) is 1.21. The molecule has 0 radical (unpaired) electrons. The monoisotopic (exact) mass is 211 g/mol. The first-order valence-electron chi connectivity index (χ1n) is 4.51. The van der Waals surface area contributed by atoms with Gasteiger partial charge in [0, 0.05) is 12.6 Å². The van der Waals surface area contributed by atoms with Gasteiger partial charge in [0.2, 0.25) is 0 Å². The Bertz CT molecular complexity index is 406. The van der Waals surface area contributed by atoms with E-state index < -0.39 is 11.8 Å². The van der Waals surface area contributed by atoms with Gasteiger partial charge in [0.15, 0.2) is 0 Å². The molecule has 0 spiro atoms. The van der Waals surface area contributed by atoms with Gasteiger partial charge in [-0.3, -0.25) is 0 Å². The van der Waals surface area contributed by atoms with Crippen LogP contribution in [0.2, 0.25) is 0 Å². The van der Waals surface area contributed by atoms with Crippen LogP contribution in [0.1, 0.15) is 10.4 Å². The summed E-state index contributed by atoms with van der Waals surface area (Å²) in [6.07, 6.45) is 0. The number of fused-ring (bicyclic) bond motifs is 1. The average molecular weight is 211 g/mol. The number of esters is 1. The van der Waals surface area contributed by atoms with Crippen LogP contribution in [-0.4, -0.2) is 26.2 Å². The molecule has 2 rings (SSSR count). The summed E-state index contributed by atoms with van der Waals surface area (Å²) in [4.78, 5) is 11.2. The van der Waals surface area contributed by atoms with Gasteiger partial charge in [0.05, 0.1) is 18.4 Å². The van der Waals surface area contributed by atoms with Crippen molar-refractivity contribution in [3.8, 4) is 5.75 Å². The van der Waals surface area contributed by atoms with E-state index in [2.05, 4.69) is 10.1 Å². The number of anilines is 1. The second-order valence-corrected chi connectivity index (χ2v) is 3.10. The molecule has 0 atom stereocenters. The lowest BCUT2D eigenvalue weighted by Gasteiger charge is -2.19. The maximum absolute atomic E-state index is 13.4. The predicted molar refractivity (Wildman–Crippen MR) is 51.7 cm³/mol. The Balaban J connectivity index is 2.44. The molecule has 0 unspecified atom stereocenters. The Kier molecular flexibility index (Phi) is 2.45. The van der Waals surface area contributed by atoms with E-state index in [1.807, 2.05) is 0 Å². The van der Waals surface area contributed by atoms with E-state index in [4.69, 9.17) is 4.74 Å². The van der Waals surface area contributed by atoms with Crippen molar-refractivity contribution >= 4 is 11.7 Å². The summed E-state index contributed by atoms with van der Waals surface area (Å²) < 4.78 is 23.1. The first-order chi connectivity index (χ1) is 7.22. The minimum atomic E-state index is -0.692. The Morgan fingerprint density at radius 1 is 1.60 bits per heavy atom. The first kappa shape index (κ1) is 9.76. The third-order valence-corrected chi connectivity index (χ3v) is 2.15. The number of hydrogen-bond donors (Lipinski definition) is 1. The number of rotatable bonds is 1. The van der Waals surface area contributed by atoms with Crippen LogP contribution >= 0.6 is 0 Å². The van der Waals surface area contributed by atoms with Crippen molar-refractivity contribution < 1.29 is 18.7 Å². The minimum Gasteiger partial charge on any atom is -0.489 e. The highest BCUT2D eigenvalue weighted by Gasteiger charge is 2.18. The van der Waals surface area contributed by atoms with Crippen molar-refractivity contribution in [2.24, 2.45) is 0 Å². The van der Waals surface area contributed by atoms with Gasteiger partial charge in [-0.1, -0.05) is 0 Å². The maximum atomic E-state index is 13.4. The molecule has 5 heteroatoms. The molecule has 0 aromatic heterocycles. The van der Waals surface area contributed by atoms with Crippen molar-refractivity contribution in [1.82, 2.24) is 0 Å². The van der Waals surface area contributed by atoms with Gasteiger partial charge in [0.25, 0.3) is 0 Å². The number of hydrogen-bond acceptors (Lipinski definition) is 4. The van der Waals surface area contributed by atoms with E-state index in [-0.39, 0.29) is 5.56 Å². The first-order valence-corrected chi connectivity index (χ1v) is 4.51. The number of carbonyl (C=O) groups is 1. The Labute approximate surface area is 86.0 Å². The lowest BCUT2D eigenvalue weighted by Crippen LogP contribution is -2.19. The van der Waals surface area contributed by atoms with Crippen molar-refractivity contribution in [2.45, 2.75) is 0 Å². The zero-order valence-corrected chi connectivity index (χ0v) is 8.17. The Morgan fingerprint density at radius 3 is 3.13 bits per heavy atom. The minimum absolute atomic E-state index is 0.0887. The van der Waals surface area contributed by atoms with E-state index in [1.54, 1.807) is 0 Å². The predicted octanol–water partition coefficient (Wildman–Crippen LogP) is 1.42. The molecule has 1 aromatic rings. The van der Waals surface area contributed by atoms with E-state index in [0.29, 0.717) is 24.6 Å². The number of carbonyl (C=O) groups excluding carboxylic acids is 1. The molecule has 1 aliphatic rings. The van der Waals surface area contributed by atoms with Gasteiger partial charge in [-0.2, -0.15) is 0 Å². The number of benzene rings is 1. The molecular formula is C10H10FNO3. The highest BCUT2D eigenvalue weighted by atomic mass is 19.1. The molecule has 80 valence electrons. The summed E-state index contributed by atoms with van der Waals surface area (Å²) in [5, 5.41) is 3.01. The SMILES string of the molecule is COC(=O)c1cc2c(cc1F)OCCN2. The van der Waals surface area contributed by atoms with Gasteiger partial charge < -0.3 is 14.8 Å². The smallest absolute Gasteiger partial charge is 0.340 e. The van der Waals surface area contributed by atoms with Crippen molar-refractivity contribution in [3.05, 3.63) is 23.5 Å². The fourth-order valence-corrected chi connectivity index (χ4v) is 1.43. The molecule has 0 bridgehead atoms. The third kappa shape index (κ3) is 1.72. The van der Waals surface area contributed by atoms with Crippen LogP contribution in [0.4, 0.5) is 10.1 Å². The van der Waals surface area contributed by atoms with Crippen LogP contribution in [-0.2, 0) is 4.74 Å². The van der Waals surface area contributed by atoms with Crippen LogP contribution in [0.5, 0.6) is 5.75 Å². The maximum Gasteiger partial charge on any atom is 0.340 e. The average Bonchev–Trinajstić information content (AvgIpc) is 2.27. The van der Waals surface area contributed by atoms with Crippen LogP contribution in [0.3, 0.4) is 0 Å². The number of methoxy groups -OCH3 is 1. The van der Waals surface area contributed by atoms with Gasteiger partial charge in [0.1, 0.15) is 18.2 Å². The second-order valence-electron chi connectivity index (χ2n) is 3.10. The van der Waals surface area contributed by atoms with Crippen molar-refractivity contribution in [2.75, 3.05) is 25.6 Å². The Hall–Kier alpha value is -1.78. The van der Waals surface area contributed by atoms with Crippen molar-refractivity contribution in [3.63, 3.8) is 0 Å². The zero-order valence-electron chi connectivity index (χ0n) is 8.17. The molecule has 4 nitrogen and oxygen atoms in total. The quantitative estimate of drug-likeness (QED) is 0.713. The van der Waals surface area contributed by atoms with E-state index in [0.717, 1.165) is 0 Å². The van der Waals surface area contributed by atoms with Crippen LogP contribution in [0, 0.1) is 5.82 Å². The molecule has 15 heavy (non-hydrogen) atoms. The fraction of sp³-hybridized carbons (Fsp3) is 0.300. The topological polar surface area (TPSA) is 47.6 Å². The van der Waals surface area contributed by atoms with Crippen LogP contribution < -0.4 is 10.1 Å². The summed E-state index contributed by atoms with van der Waals surface area (Å²) in [5.41, 5.74) is 0.525. The van der Waals surface area contributed by atoms with Gasteiger partial charge in [-0.05, 0) is 6.07 Å². The summed E-state index contributed by atoms with van der Waals surface area (Å²) >= 11 is 0. The molecule has 0 amide bonds. The molecule has 1 N–H and O–H groups in total. The van der Waals surface area contributed by atoms with E-state index in [1.165, 1.54) is 19.2 Å². The standard InChI is InChI=1S/C10H10FNO3/c1-14-10(13)6-4-8-9(5-7(6)11)15-3-2-12-8/h4-5,12H,2-3H2,1H3. The van der Waals surface area contributed by atoms with Gasteiger partial charge in [-0.15, -0.1) is 0 Å². The summed E-state index contributed by atoms with van der Waals surface area (Å²) in [6.45, 7) is 1.13. The normalized spacial score (nSPS) is 13.5. The number of ether oxygens (including phenoxy) is 2. The zero-order chi connectivity index (χ0) is 10.8. The lowest BCUT2D eigenvalue weighted by molar-refractivity contribution is 0.0595. The van der Waals surface area contributed by atoms with Crippen molar-refractivity contribution in [1.29, 1.82) is 0 Å². The van der Waals surface area contributed by atoms with Crippen LogP contribution in [0.25, 0.3) is 0 Å². The lowest BCUT2D eigenvalue weighted by atomic mass is 10.1. The molecule has 1 aromatic carbocycles. The molecular weight excluding hydrogens is 201 g/mol. The molecule has 0 aliphatic carbocycles. The summed E-state index contributed by atoms with van der Waals surface area (Å²) in [5.74, 6) is -0.904. The summed E-state index contributed by atoms with van der Waals surface area (Å²) in [6, 6.07) is 2.59. The van der Waals surface area contributed by atoms with Gasteiger partial charge in [-0.25, -0.2) is 9.18 Å². The molecule has 1 heterocycles. The molecule has 1 aliphatic heterocycles. The number of halogens is 1. The highest BCUT2D eigenvalue weighted by molar-refractivity contribution is 5.91. The van der Waals surface area contributed by atoms with Crippen LogP contribution in [0.15, 0.2) is 12.1 Å². The Morgan fingerprint density at radius 2 is 2.40 bits per heavy atom. The second kappa shape index (κ2) is 3.76.